The Balaban J connectivity index is 1.70. The van der Waals surface area contributed by atoms with Crippen LogP contribution in [0.25, 0.3) is 0 Å². The molecule has 0 aliphatic carbocycles. The molecule has 1 aliphatic rings. The summed E-state index contributed by atoms with van der Waals surface area (Å²) in [5.74, 6) is -2.25. The summed E-state index contributed by atoms with van der Waals surface area (Å²) >= 11 is 0. The van der Waals surface area contributed by atoms with Gasteiger partial charge in [0.2, 0.25) is 0 Å². The van der Waals surface area contributed by atoms with Crippen molar-refractivity contribution < 1.29 is 28.2 Å². The first-order chi connectivity index (χ1) is 13.0. The first-order valence-electron chi connectivity index (χ1n) is 8.36. The van der Waals surface area contributed by atoms with Crippen molar-refractivity contribution in [2.45, 2.75) is 19.0 Å². The molecule has 27 heavy (non-hydrogen) atoms. The SMILES string of the molecule is COC(=O)[C@@H]1Cc2ccccc2CN1C(=O)COC(=O)c1ccc(F)cc1. The number of halogens is 1. The highest BCUT2D eigenvalue weighted by Crippen LogP contribution is 2.24. The molecule has 1 atom stereocenters. The highest BCUT2D eigenvalue weighted by molar-refractivity contribution is 5.92. The van der Waals surface area contributed by atoms with E-state index in [1.54, 1.807) is 0 Å². The zero-order valence-corrected chi connectivity index (χ0v) is 14.7. The topological polar surface area (TPSA) is 72.9 Å². The first-order valence-corrected chi connectivity index (χ1v) is 8.36. The minimum atomic E-state index is -0.776. The Kier molecular flexibility index (Phi) is 5.49. The summed E-state index contributed by atoms with van der Waals surface area (Å²) in [6.07, 6.45) is 0.334. The van der Waals surface area contributed by atoms with Gasteiger partial charge in [0.1, 0.15) is 11.9 Å². The van der Waals surface area contributed by atoms with Crippen molar-refractivity contribution in [2.75, 3.05) is 13.7 Å². The van der Waals surface area contributed by atoms with E-state index in [1.165, 1.54) is 24.1 Å². The lowest BCUT2D eigenvalue weighted by molar-refractivity contribution is -0.155. The highest BCUT2D eigenvalue weighted by atomic mass is 19.1. The van der Waals surface area contributed by atoms with Crippen LogP contribution in [0.15, 0.2) is 48.5 Å². The van der Waals surface area contributed by atoms with Gasteiger partial charge in [0.05, 0.1) is 12.7 Å². The molecule has 3 rings (SSSR count). The monoisotopic (exact) mass is 371 g/mol. The van der Waals surface area contributed by atoms with Gasteiger partial charge in [0.25, 0.3) is 5.91 Å². The van der Waals surface area contributed by atoms with Crippen molar-refractivity contribution in [3.8, 4) is 0 Å². The zero-order valence-electron chi connectivity index (χ0n) is 14.7. The average molecular weight is 371 g/mol. The molecule has 1 heterocycles. The molecule has 0 saturated heterocycles. The number of amides is 1. The number of esters is 2. The molecule has 0 radical (unpaired) electrons. The highest BCUT2D eigenvalue weighted by Gasteiger charge is 2.35. The molecule has 2 aromatic rings. The summed E-state index contributed by atoms with van der Waals surface area (Å²) < 4.78 is 22.8. The molecule has 0 fully saturated rings. The zero-order chi connectivity index (χ0) is 19.4. The second-order valence-corrected chi connectivity index (χ2v) is 6.12. The van der Waals surface area contributed by atoms with E-state index < -0.39 is 36.3 Å². The number of hydrogen-bond acceptors (Lipinski definition) is 5. The fraction of sp³-hybridized carbons (Fsp3) is 0.250. The molecule has 0 saturated carbocycles. The molecule has 1 aliphatic heterocycles. The van der Waals surface area contributed by atoms with Crippen LogP contribution in [0.2, 0.25) is 0 Å². The van der Waals surface area contributed by atoms with Crippen LogP contribution < -0.4 is 0 Å². The van der Waals surface area contributed by atoms with Gasteiger partial charge < -0.3 is 14.4 Å². The van der Waals surface area contributed by atoms with Crippen LogP contribution in [0.5, 0.6) is 0 Å². The Morgan fingerprint density at radius 2 is 1.74 bits per heavy atom. The molecule has 6 nitrogen and oxygen atoms in total. The van der Waals surface area contributed by atoms with Gasteiger partial charge in [-0.3, -0.25) is 4.79 Å². The van der Waals surface area contributed by atoms with Gasteiger partial charge in [-0.05, 0) is 35.4 Å². The molecule has 0 spiro atoms. The van der Waals surface area contributed by atoms with Crippen molar-refractivity contribution in [1.82, 2.24) is 4.90 Å². The van der Waals surface area contributed by atoms with Crippen LogP contribution in [0, 0.1) is 5.82 Å². The van der Waals surface area contributed by atoms with Crippen LogP contribution in [-0.2, 0) is 32.0 Å². The number of benzene rings is 2. The fourth-order valence-electron chi connectivity index (χ4n) is 3.01. The standard InChI is InChI=1S/C20H18FNO5/c1-26-20(25)17-10-14-4-2-3-5-15(14)11-22(17)18(23)12-27-19(24)13-6-8-16(21)9-7-13/h2-9,17H,10-12H2,1H3/t17-/m0/s1. The smallest absolute Gasteiger partial charge is 0.338 e. The summed E-state index contributed by atoms with van der Waals surface area (Å²) in [6.45, 7) is -0.297. The van der Waals surface area contributed by atoms with Gasteiger partial charge in [0, 0.05) is 13.0 Å². The van der Waals surface area contributed by atoms with Gasteiger partial charge in [0.15, 0.2) is 6.61 Å². The minimum absolute atomic E-state index is 0.137. The van der Waals surface area contributed by atoms with Crippen LogP contribution in [0.3, 0.4) is 0 Å². The number of methoxy groups -OCH3 is 1. The van der Waals surface area contributed by atoms with Crippen molar-refractivity contribution in [2.24, 2.45) is 0 Å². The Morgan fingerprint density at radius 1 is 1.07 bits per heavy atom. The van der Waals surface area contributed by atoms with Crippen molar-refractivity contribution >= 4 is 17.8 Å². The third-order valence-electron chi connectivity index (χ3n) is 4.45. The largest absolute Gasteiger partial charge is 0.467 e. The number of fused-ring (bicyclic) bond motifs is 1. The summed E-state index contributed by atoms with van der Waals surface area (Å²) in [5.41, 5.74) is 2.04. The molecule has 1 amide bonds. The van der Waals surface area contributed by atoms with Crippen molar-refractivity contribution in [1.29, 1.82) is 0 Å². The Hall–Kier alpha value is -3.22. The lowest BCUT2D eigenvalue weighted by atomic mass is 9.94. The second-order valence-electron chi connectivity index (χ2n) is 6.12. The summed E-state index contributed by atoms with van der Waals surface area (Å²) in [7, 11) is 1.26. The van der Waals surface area contributed by atoms with Gasteiger partial charge in [-0.15, -0.1) is 0 Å². The lowest BCUT2D eigenvalue weighted by Gasteiger charge is -2.35. The lowest BCUT2D eigenvalue weighted by Crippen LogP contribution is -2.50. The number of ether oxygens (including phenoxy) is 2. The molecule has 2 aromatic carbocycles. The third kappa shape index (κ3) is 4.13. The van der Waals surface area contributed by atoms with E-state index in [0.717, 1.165) is 23.3 Å². The Morgan fingerprint density at radius 3 is 2.41 bits per heavy atom. The molecular weight excluding hydrogens is 353 g/mol. The summed E-state index contributed by atoms with van der Waals surface area (Å²) in [5, 5.41) is 0. The number of carbonyl (C=O) groups is 3. The molecule has 0 bridgehead atoms. The van der Waals surface area contributed by atoms with Crippen LogP contribution in [-0.4, -0.2) is 42.5 Å². The van der Waals surface area contributed by atoms with E-state index in [9.17, 15) is 18.8 Å². The predicted octanol–water partition coefficient (Wildman–Crippen LogP) is 2.11. The maximum absolute atomic E-state index is 12.9. The molecule has 7 heteroatoms. The van der Waals surface area contributed by atoms with Crippen LogP contribution >= 0.6 is 0 Å². The number of nitrogens with zero attached hydrogens (tertiary/aromatic N) is 1. The second kappa shape index (κ2) is 7.99. The van der Waals surface area contributed by atoms with Crippen LogP contribution in [0.4, 0.5) is 4.39 Å². The van der Waals surface area contributed by atoms with Gasteiger partial charge in [-0.25, -0.2) is 14.0 Å². The van der Waals surface area contributed by atoms with Gasteiger partial charge in [-0.1, -0.05) is 24.3 Å². The van der Waals surface area contributed by atoms with Crippen LogP contribution in [0.1, 0.15) is 21.5 Å². The van der Waals surface area contributed by atoms with E-state index in [-0.39, 0.29) is 12.1 Å². The first kappa shape index (κ1) is 18.6. The van der Waals surface area contributed by atoms with E-state index in [0.29, 0.717) is 6.42 Å². The van der Waals surface area contributed by atoms with E-state index in [4.69, 9.17) is 9.47 Å². The quantitative estimate of drug-likeness (QED) is 0.770. The van der Waals surface area contributed by atoms with E-state index >= 15 is 0 Å². The van der Waals surface area contributed by atoms with E-state index in [2.05, 4.69) is 0 Å². The Bertz CT molecular complexity index is 865. The predicted molar refractivity (Wildman–Crippen MR) is 93.2 cm³/mol. The molecular formula is C20H18FNO5. The Labute approximate surface area is 155 Å². The maximum atomic E-state index is 12.9. The molecule has 140 valence electrons. The molecule has 0 aromatic heterocycles. The van der Waals surface area contributed by atoms with Crippen molar-refractivity contribution in [3.63, 3.8) is 0 Å². The van der Waals surface area contributed by atoms with Crippen molar-refractivity contribution in [3.05, 3.63) is 71.0 Å². The summed E-state index contributed by atoms with van der Waals surface area (Å²) in [6, 6.07) is 11.5. The van der Waals surface area contributed by atoms with E-state index in [1.807, 2.05) is 24.3 Å². The normalized spacial score (nSPS) is 15.6. The minimum Gasteiger partial charge on any atom is -0.467 e. The van der Waals surface area contributed by atoms with Gasteiger partial charge >= 0.3 is 11.9 Å². The molecule has 0 unspecified atom stereocenters. The summed E-state index contributed by atoms with van der Waals surface area (Å²) in [4.78, 5) is 38.1. The molecule has 0 N–H and O–H groups in total. The average Bonchev–Trinajstić information content (AvgIpc) is 2.70. The number of carbonyl (C=O) groups excluding carboxylic acids is 3. The maximum Gasteiger partial charge on any atom is 0.338 e. The third-order valence-corrected chi connectivity index (χ3v) is 4.45. The number of rotatable bonds is 4. The fourth-order valence-corrected chi connectivity index (χ4v) is 3.01. The van der Waals surface area contributed by atoms with Gasteiger partial charge in [-0.2, -0.15) is 0 Å². The number of hydrogen-bond donors (Lipinski definition) is 0.